The van der Waals surface area contributed by atoms with Crippen LogP contribution in [-0.2, 0) is 9.47 Å². The van der Waals surface area contributed by atoms with Crippen LogP contribution >= 0.6 is 23.2 Å². The summed E-state index contributed by atoms with van der Waals surface area (Å²) < 4.78 is 11.4. The van der Waals surface area contributed by atoms with E-state index in [0.717, 1.165) is 47.5 Å². The molecule has 0 aliphatic carbocycles. The second kappa shape index (κ2) is 10.6. The van der Waals surface area contributed by atoms with E-state index in [4.69, 9.17) is 32.7 Å². The highest BCUT2D eigenvalue weighted by Gasteiger charge is 2.20. The Balaban J connectivity index is 0.000000161. The summed E-state index contributed by atoms with van der Waals surface area (Å²) in [6, 6.07) is 16.6. The third kappa shape index (κ3) is 6.45. The smallest absolute Gasteiger partial charge is 0.0950 e. The summed E-state index contributed by atoms with van der Waals surface area (Å²) in [5.74, 6) is 0. The molecule has 1 unspecified atom stereocenters. The van der Waals surface area contributed by atoms with Gasteiger partial charge >= 0.3 is 0 Å². The first-order valence-electron chi connectivity index (χ1n) is 9.72. The van der Waals surface area contributed by atoms with Crippen molar-refractivity contribution in [3.05, 3.63) is 69.7 Å². The molecule has 2 saturated heterocycles. The number of rotatable bonds is 2. The van der Waals surface area contributed by atoms with Gasteiger partial charge in [0.2, 0.25) is 0 Å². The van der Waals surface area contributed by atoms with Gasteiger partial charge in [0.05, 0.1) is 25.4 Å². The molecular formula is C22H28Cl2N2O2. The normalized spacial score (nSPS) is 27.6. The van der Waals surface area contributed by atoms with Crippen molar-refractivity contribution in [2.75, 3.05) is 26.3 Å². The van der Waals surface area contributed by atoms with Crippen LogP contribution in [0.5, 0.6) is 0 Å². The van der Waals surface area contributed by atoms with Crippen LogP contribution in [-0.4, -0.2) is 38.4 Å². The largest absolute Gasteiger partial charge is 0.371 e. The van der Waals surface area contributed by atoms with E-state index in [-0.39, 0.29) is 12.2 Å². The van der Waals surface area contributed by atoms with Crippen molar-refractivity contribution in [1.29, 1.82) is 0 Å². The first kappa shape index (κ1) is 21.6. The molecule has 2 aliphatic heterocycles. The predicted molar refractivity (Wildman–Crippen MR) is 115 cm³/mol. The van der Waals surface area contributed by atoms with E-state index < -0.39 is 0 Å². The van der Waals surface area contributed by atoms with E-state index in [0.29, 0.717) is 12.1 Å². The number of ether oxygens (including phenoxy) is 2. The van der Waals surface area contributed by atoms with Gasteiger partial charge in [-0.3, -0.25) is 0 Å². The van der Waals surface area contributed by atoms with E-state index in [2.05, 4.69) is 24.5 Å². The van der Waals surface area contributed by atoms with Crippen LogP contribution in [0.4, 0.5) is 0 Å². The monoisotopic (exact) mass is 422 g/mol. The lowest BCUT2D eigenvalue weighted by atomic mass is 10.1. The quantitative estimate of drug-likeness (QED) is 0.730. The molecule has 2 aromatic carbocycles. The summed E-state index contributed by atoms with van der Waals surface area (Å²) in [6.07, 6.45) is 0.287. The van der Waals surface area contributed by atoms with Gasteiger partial charge < -0.3 is 20.1 Å². The minimum absolute atomic E-state index is 0.143. The summed E-state index contributed by atoms with van der Waals surface area (Å²) in [5, 5.41) is 8.30. The molecule has 0 amide bonds. The average Bonchev–Trinajstić information content (AvgIpc) is 2.70. The Morgan fingerprint density at radius 1 is 0.750 bits per heavy atom. The Kier molecular flexibility index (Phi) is 8.15. The lowest BCUT2D eigenvalue weighted by Gasteiger charge is -2.28. The van der Waals surface area contributed by atoms with Crippen molar-refractivity contribution in [2.45, 2.75) is 38.1 Å². The number of morpholine rings is 2. The van der Waals surface area contributed by atoms with E-state index >= 15 is 0 Å². The van der Waals surface area contributed by atoms with Crippen molar-refractivity contribution in [3.8, 4) is 0 Å². The van der Waals surface area contributed by atoms with E-state index in [1.807, 2.05) is 48.5 Å². The minimum Gasteiger partial charge on any atom is -0.371 e. The van der Waals surface area contributed by atoms with Crippen LogP contribution in [0.15, 0.2) is 48.5 Å². The summed E-state index contributed by atoms with van der Waals surface area (Å²) in [7, 11) is 0. The molecule has 4 atom stereocenters. The van der Waals surface area contributed by atoms with Crippen LogP contribution < -0.4 is 10.6 Å². The molecule has 152 valence electrons. The SMILES string of the molecule is C[C@H]1COC(c2cccc(Cl)c2)CN1.C[C@H]1CO[C@H](c2cccc(Cl)c2)CN1. The van der Waals surface area contributed by atoms with Gasteiger partial charge in [0.15, 0.2) is 0 Å². The molecule has 2 fully saturated rings. The van der Waals surface area contributed by atoms with Gasteiger partial charge in [0.25, 0.3) is 0 Å². The van der Waals surface area contributed by atoms with Gasteiger partial charge in [-0.15, -0.1) is 0 Å². The molecule has 2 heterocycles. The minimum atomic E-state index is 0.143. The third-order valence-corrected chi connectivity index (χ3v) is 5.31. The topological polar surface area (TPSA) is 42.5 Å². The lowest BCUT2D eigenvalue weighted by Crippen LogP contribution is -2.40. The zero-order chi connectivity index (χ0) is 19.9. The van der Waals surface area contributed by atoms with Crippen molar-refractivity contribution in [1.82, 2.24) is 10.6 Å². The number of halogens is 2. The van der Waals surface area contributed by atoms with E-state index in [1.54, 1.807) is 0 Å². The molecule has 4 rings (SSSR count). The van der Waals surface area contributed by atoms with Crippen molar-refractivity contribution >= 4 is 23.2 Å². The van der Waals surface area contributed by atoms with E-state index in [1.165, 1.54) is 0 Å². The average molecular weight is 423 g/mol. The maximum atomic E-state index is 5.92. The van der Waals surface area contributed by atoms with Crippen LogP contribution in [0.1, 0.15) is 37.2 Å². The molecule has 2 aliphatic rings. The number of hydrogen-bond acceptors (Lipinski definition) is 4. The third-order valence-electron chi connectivity index (χ3n) is 4.84. The highest BCUT2D eigenvalue weighted by atomic mass is 35.5. The molecule has 6 heteroatoms. The second-order valence-electron chi connectivity index (χ2n) is 7.37. The molecule has 0 aromatic heterocycles. The molecular weight excluding hydrogens is 395 g/mol. The molecule has 0 spiro atoms. The van der Waals surface area contributed by atoms with Gasteiger partial charge in [-0.05, 0) is 49.2 Å². The van der Waals surface area contributed by atoms with E-state index in [9.17, 15) is 0 Å². The summed E-state index contributed by atoms with van der Waals surface area (Å²) in [6.45, 7) is 7.49. The predicted octanol–water partition coefficient (Wildman–Crippen LogP) is 4.78. The Morgan fingerprint density at radius 3 is 1.50 bits per heavy atom. The zero-order valence-electron chi connectivity index (χ0n) is 16.3. The van der Waals surface area contributed by atoms with Crippen LogP contribution in [0, 0.1) is 0 Å². The van der Waals surface area contributed by atoms with Gasteiger partial charge in [-0.2, -0.15) is 0 Å². The Morgan fingerprint density at radius 2 is 1.18 bits per heavy atom. The fourth-order valence-corrected chi connectivity index (χ4v) is 3.61. The lowest BCUT2D eigenvalue weighted by molar-refractivity contribution is 0.00692. The van der Waals surface area contributed by atoms with Gasteiger partial charge in [-0.25, -0.2) is 0 Å². The Hall–Kier alpha value is -1.14. The summed E-state index contributed by atoms with van der Waals surface area (Å²) in [4.78, 5) is 0. The Labute approximate surface area is 177 Å². The highest BCUT2D eigenvalue weighted by molar-refractivity contribution is 6.30. The molecule has 0 radical (unpaired) electrons. The van der Waals surface area contributed by atoms with Gasteiger partial charge in [0, 0.05) is 35.2 Å². The number of nitrogens with one attached hydrogen (secondary N) is 2. The van der Waals surface area contributed by atoms with Gasteiger partial charge in [0.1, 0.15) is 0 Å². The molecule has 4 nitrogen and oxygen atoms in total. The highest BCUT2D eigenvalue weighted by Crippen LogP contribution is 2.23. The summed E-state index contributed by atoms with van der Waals surface area (Å²) >= 11 is 11.8. The van der Waals surface area contributed by atoms with Crippen LogP contribution in [0.2, 0.25) is 10.0 Å². The van der Waals surface area contributed by atoms with Crippen LogP contribution in [0.25, 0.3) is 0 Å². The number of benzene rings is 2. The van der Waals surface area contributed by atoms with Crippen molar-refractivity contribution < 1.29 is 9.47 Å². The van der Waals surface area contributed by atoms with Crippen LogP contribution in [0.3, 0.4) is 0 Å². The van der Waals surface area contributed by atoms with Crippen molar-refractivity contribution in [3.63, 3.8) is 0 Å². The molecule has 28 heavy (non-hydrogen) atoms. The standard InChI is InChI=1S/2C11H14ClNO/c2*1-8-7-14-11(6-13-8)9-3-2-4-10(12)5-9/h2*2-5,8,11,13H,6-7H2,1H3/t8-,11?;8-,11-/m00/s1. The summed E-state index contributed by atoms with van der Waals surface area (Å²) in [5.41, 5.74) is 2.30. The fourth-order valence-electron chi connectivity index (χ4n) is 3.22. The maximum absolute atomic E-state index is 5.92. The van der Waals surface area contributed by atoms with Crippen molar-refractivity contribution in [2.24, 2.45) is 0 Å². The first-order valence-corrected chi connectivity index (χ1v) is 10.5. The Bertz CT molecular complexity index is 679. The molecule has 2 aromatic rings. The fraction of sp³-hybridized carbons (Fsp3) is 0.455. The first-order chi connectivity index (χ1) is 13.5. The maximum Gasteiger partial charge on any atom is 0.0950 e. The second-order valence-corrected chi connectivity index (χ2v) is 8.25. The molecule has 2 N–H and O–H groups in total. The molecule has 0 saturated carbocycles. The molecule has 0 bridgehead atoms. The zero-order valence-corrected chi connectivity index (χ0v) is 17.8. The van der Waals surface area contributed by atoms with Gasteiger partial charge in [-0.1, -0.05) is 47.5 Å². The number of hydrogen-bond donors (Lipinski definition) is 2.